The molecule has 0 saturated carbocycles. The van der Waals surface area contributed by atoms with Crippen molar-refractivity contribution in [3.63, 3.8) is 0 Å². The summed E-state index contributed by atoms with van der Waals surface area (Å²) in [7, 11) is 0. The maximum atomic E-state index is 13.6. The van der Waals surface area contributed by atoms with E-state index in [9.17, 15) is 24.0 Å². The highest BCUT2D eigenvalue weighted by Crippen LogP contribution is 2.40. The van der Waals surface area contributed by atoms with E-state index in [0.29, 0.717) is 22.3 Å². The fraction of sp³-hybridized carbons (Fsp3) is 0.457. The molecule has 2 aromatic rings. The summed E-state index contributed by atoms with van der Waals surface area (Å²) in [6.07, 6.45) is -3.48. The van der Waals surface area contributed by atoms with Crippen molar-refractivity contribution in [1.82, 2.24) is 21.3 Å². The normalized spacial score (nSPS) is 12.4. The van der Waals surface area contributed by atoms with Crippen molar-refractivity contribution < 1.29 is 42.9 Å². The van der Waals surface area contributed by atoms with Crippen LogP contribution in [0.3, 0.4) is 0 Å². The number of carbonyl (C=O) groups excluding carboxylic acids is 5. The zero-order valence-corrected chi connectivity index (χ0v) is 30.5. The smallest absolute Gasteiger partial charge is 0.414 e. The Morgan fingerprint density at radius 1 is 0.460 bits per heavy atom. The molecule has 270 valence electrons. The van der Waals surface area contributed by atoms with Gasteiger partial charge >= 0.3 is 24.4 Å². The van der Waals surface area contributed by atoms with Crippen molar-refractivity contribution in [2.75, 3.05) is 0 Å². The Kier molecular flexibility index (Phi) is 11.4. The van der Waals surface area contributed by atoms with E-state index in [0.717, 1.165) is 0 Å². The second-order valence-corrected chi connectivity index (χ2v) is 15.2. The van der Waals surface area contributed by atoms with Crippen molar-refractivity contribution in [3.8, 4) is 11.1 Å². The quantitative estimate of drug-likeness (QED) is 0.124. The molecule has 0 bridgehead atoms. The molecule has 0 fully saturated rings. The molecule has 0 atom stereocenters. The molecule has 1 aliphatic rings. The number of aliphatic imine (C=N–C) groups is 2. The average molecular weight is 695 g/mol. The lowest BCUT2D eigenvalue weighted by Crippen LogP contribution is -2.47. The minimum atomic E-state index is -0.869. The lowest BCUT2D eigenvalue weighted by molar-refractivity contribution is 0.0521. The number of hydrogen-bond acceptors (Lipinski definition) is 11. The SMILES string of the molecule is CC(C)(C)OC(=O)NC(=Nc1ccc2c(c1)C(=O)c1cc(N=C(NC(=O)OC(C)(C)C)NC(=O)OC(C)(C)C)ccc1-2)NC(=O)OC(C)(C)C. The summed E-state index contributed by atoms with van der Waals surface area (Å²) in [5.74, 6) is -0.918. The monoisotopic (exact) mass is 694 g/mol. The Morgan fingerprint density at radius 2 is 0.720 bits per heavy atom. The van der Waals surface area contributed by atoms with Gasteiger partial charge in [-0.2, -0.15) is 0 Å². The van der Waals surface area contributed by atoms with Gasteiger partial charge in [-0.3, -0.25) is 26.1 Å². The molecule has 1 aliphatic carbocycles. The molecule has 3 rings (SSSR count). The molecule has 4 N–H and O–H groups in total. The fourth-order valence-electron chi connectivity index (χ4n) is 4.23. The zero-order valence-electron chi connectivity index (χ0n) is 30.5. The van der Waals surface area contributed by atoms with E-state index >= 15 is 0 Å². The van der Waals surface area contributed by atoms with Gasteiger partial charge in [-0.05, 0) is 118 Å². The van der Waals surface area contributed by atoms with Gasteiger partial charge in [0.05, 0.1) is 11.4 Å². The number of guanidine groups is 2. The number of ether oxygens (including phenoxy) is 4. The summed E-state index contributed by atoms with van der Waals surface area (Å²) in [6, 6.07) is 9.59. The highest BCUT2D eigenvalue weighted by molar-refractivity contribution is 6.22. The van der Waals surface area contributed by atoms with Crippen LogP contribution in [0.5, 0.6) is 0 Å². The van der Waals surface area contributed by atoms with Gasteiger partial charge in [0.2, 0.25) is 11.9 Å². The van der Waals surface area contributed by atoms with Crippen LogP contribution < -0.4 is 21.3 Å². The lowest BCUT2D eigenvalue weighted by Gasteiger charge is -2.22. The number of hydrogen-bond donors (Lipinski definition) is 4. The number of benzene rings is 2. The molecular weight excluding hydrogens is 648 g/mol. The Labute approximate surface area is 291 Å². The van der Waals surface area contributed by atoms with E-state index in [2.05, 4.69) is 31.3 Å². The fourth-order valence-corrected chi connectivity index (χ4v) is 4.23. The van der Waals surface area contributed by atoms with Crippen LogP contribution in [0.15, 0.2) is 46.4 Å². The van der Waals surface area contributed by atoms with E-state index < -0.39 is 46.8 Å². The number of nitrogens with one attached hydrogen (secondary N) is 4. The summed E-state index contributed by atoms with van der Waals surface area (Å²) in [5, 5.41) is 9.65. The molecule has 4 amide bonds. The summed E-state index contributed by atoms with van der Waals surface area (Å²) >= 11 is 0. The van der Waals surface area contributed by atoms with Gasteiger partial charge in [0.15, 0.2) is 5.78 Å². The predicted molar refractivity (Wildman–Crippen MR) is 187 cm³/mol. The number of fused-ring (bicyclic) bond motifs is 3. The highest BCUT2D eigenvalue weighted by atomic mass is 16.6. The van der Waals surface area contributed by atoms with E-state index in [1.807, 2.05) is 0 Å². The van der Waals surface area contributed by atoms with E-state index in [-0.39, 0.29) is 29.1 Å². The number of ketones is 1. The summed E-state index contributed by atoms with van der Waals surface area (Å²) < 4.78 is 21.2. The van der Waals surface area contributed by atoms with Gasteiger partial charge in [-0.15, -0.1) is 0 Å². The van der Waals surface area contributed by atoms with E-state index in [1.165, 1.54) is 12.1 Å². The van der Waals surface area contributed by atoms with Crippen LogP contribution in [0.1, 0.15) is 99.0 Å². The third kappa shape index (κ3) is 12.5. The highest BCUT2D eigenvalue weighted by Gasteiger charge is 2.29. The molecule has 0 aliphatic heterocycles. The Hall–Kier alpha value is -5.47. The van der Waals surface area contributed by atoms with Crippen LogP contribution in [-0.2, 0) is 18.9 Å². The summed E-state index contributed by atoms with van der Waals surface area (Å²) in [5.41, 5.74) is -1.01. The van der Waals surface area contributed by atoms with Crippen LogP contribution in [0.2, 0.25) is 0 Å². The third-order valence-electron chi connectivity index (χ3n) is 5.74. The van der Waals surface area contributed by atoms with Crippen molar-refractivity contribution in [3.05, 3.63) is 47.5 Å². The summed E-state index contributed by atoms with van der Waals surface area (Å²) in [6.45, 7) is 20.2. The molecule has 15 heteroatoms. The zero-order chi connectivity index (χ0) is 37.8. The van der Waals surface area contributed by atoms with Crippen molar-refractivity contribution in [1.29, 1.82) is 0 Å². The van der Waals surface area contributed by atoms with E-state index in [4.69, 9.17) is 18.9 Å². The molecule has 0 spiro atoms. The minimum Gasteiger partial charge on any atom is -0.444 e. The van der Waals surface area contributed by atoms with Gasteiger partial charge in [-0.25, -0.2) is 29.2 Å². The number of rotatable bonds is 2. The van der Waals surface area contributed by atoms with Gasteiger partial charge in [-0.1, -0.05) is 12.1 Å². The van der Waals surface area contributed by atoms with Gasteiger partial charge in [0.25, 0.3) is 0 Å². The molecular formula is C35H46N6O9. The standard InChI is InChI=1S/C35H46N6O9/c1-32(2,3)47-28(43)38-26(39-29(44)48-33(4,5)6)36-19-13-15-21-22-16-14-20(18-24(22)25(42)23(21)17-19)37-27(40-30(45)49-34(7,8)9)41-31(46)50-35(10,11)12/h13-18H,1-12H3,(H2,36,38,39,43,44)(H2,37,40,41,45,46). The Bertz CT molecular complexity index is 1550. The lowest BCUT2D eigenvalue weighted by atomic mass is 10.1. The van der Waals surface area contributed by atoms with Crippen LogP contribution in [0, 0.1) is 0 Å². The van der Waals surface area contributed by atoms with Gasteiger partial charge < -0.3 is 18.9 Å². The second-order valence-electron chi connectivity index (χ2n) is 15.2. The second kappa shape index (κ2) is 14.6. The Balaban J connectivity index is 1.95. The topological polar surface area (TPSA) is 195 Å². The predicted octanol–water partition coefficient (Wildman–Crippen LogP) is 6.97. The van der Waals surface area contributed by atoms with Gasteiger partial charge in [0, 0.05) is 11.1 Å². The van der Waals surface area contributed by atoms with Crippen LogP contribution in [0.25, 0.3) is 11.1 Å². The van der Waals surface area contributed by atoms with E-state index in [1.54, 1.807) is 107 Å². The first-order valence-corrected chi connectivity index (χ1v) is 15.8. The largest absolute Gasteiger partial charge is 0.444 e. The van der Waals surface area contributed by atoms with Crippen LogP contribution >= 0.6 is 0 Å². The number of alkyl carbamates (subject to hydrolysis) is 4. The molecule has 15 nitrogen and oxygen atoms in total. The number of amides is 4. The number of nitrogens with zero attached hydrogens (tertiary/aromatic N) is 2. The van der Waals surface area contributed by atoms with Crippen molar-refractivity contribution in [2.24, 2.45) is 9.98 Å². The number of carbonyl (C=O) groups is 5. The average Bonchev–Trinajstić information content (AvgIpc) is 3.14. The van der Waals surface area contributed by atoms with Gasteiger partial charge in [0.1, 0.15) is 22.4 Å². The first kappa shape index (κ1) is 39.0. The molecule has 0 heterocycles. The molecule has 0 saturated heterocycles. The van der Waals surface area contributed by atoms with Crippen LogP contribution in [0.4, 0.5) is 30.6 Å². The first-order valence-electron chi connectivity index (χ1n) is 15.8. The molecule has 0 unspecified atom stereocenters. The molecule has 2 aromatic carbocycles. The van der Waals surface area contributed by atoms with Crippen LogP contribution in [-0.4, -0.2) is 64.5 Å². The molecule has 0 aromatic heterocycles. The third-order valence-corrected chi connectivity index (χ3v) is 5.74. The Morgan fingerprint density at radius 3 is 0.960 bits per heavy atom. The van der Waals surface area contributed by atoms with Crippen molar-refractivity contribution in [2.45, 2.75) is 105 Å². The maximum Gasteiger partial charge on any atom is 0.414 e. The summed E-state index contributed by atoms with van der Waals surface area (Å²) in [4.78, 5) is 72.5. The molecule has 0 radical (unpaired) electrons. The first-order chi connectivity index (χ1) is 22.8. The minimum absolute atomic E-state index is 0.232. The molecule has 50 heavy (non-hydrogen) atoms. The van der Waals surface area contributed by atoms with Crippen molar-refractivity contribution >= 4 is 53.5 Å². The maximum absolute atomic E-state index is 13.6.